The van der Waals surface area contributed by atoms with Crippen LogP contribution in [-0.4, -0.2) is 32.0 Å². The van der Waals surface area contributed by atoms with E-state index in [0.717, 1.165) is 56.7 Å². The lowest BCUT2D eigenvalue weighted by atomic mass is 10.2. The van der Waals surface area contributed by atoms with Crippen molar-refractivity contribution < 1.29 is 14.6 Å². The van der Waals surface area contributed by atoms with E-state index in [2.05, 4.69) is 18.3 Å². The number of unbranched alkanes of at least 4 members (excludes halogenated alkanes) is 3. The van der Waals surface area contributed by atoms with Crippen molar-refractivity contribution in [2.24, 2.45) is 0 Å². The Labute approximate surface area is 128 Å². The van der Waals surface area contributed by atoms with Crippen LogP contribution >= 0.6 is 0 Å². The minimum Gasteiger partial charge on any atom is -0.493 e. The van der Waals surface area contributed by atoms with Crippen LogP contribution in [0.4, 0.5) is 0 Å². The summed E-state index contributed by atoms with van der Waals surface area (Å²) in [6, 6.07) is 6.09. The molecule has 4 heteroatoms. The highest BCUT2D eigenvalue weighted by Crippen LogP contribution is 2.28. The van der Waals surface area contributed by atoms with Gasteiger partial charge in [0.25, 0.3) is 0 Å². The summed E-state index contributed by atoms with van der Waals surface area (Å²) in [5.41, 5.74) is 1.20. The van der Waals surface area contributed by atoms with E-state index in [0.29, 0.717) is 6.61 Å². The monoisotopic (exact) mass is 295 g/mol. The van der Waals surface area contributed by atoms with Crippen LogP contribution in [-0.2, 0) is 6.54 Å². The van der Waals surface area contributed by atoms with E-state index in [4.69, 9.17) is 14.6 Å². The normalized spacial score (nSPS) is 10.6. The molecule has 0 aromatic heterocycles. The van der Waals surface area contributed by atoms with Crippen LogP contribution in [0.2, 0.25) is 0 Å². The fraction of sp³-hybridized carbons (Fsp3) is 0.647. The number of hydrogen-bond donors (Lipinski definition) is 2. The lowest BCUT2D eigenvalue weighted by molar-refractivity contribution is 0.268. The highest BCUT2D eigenvalue weighted by Gasteiger charge is 2.05. The van der Waals surface area contributed by atoms with Crippen molar-refractivity contribution >= 4 is 0 Å². The number of rotatable bonds is 12. The topological polar surface area (TPSA) is 50.7 Å². The van der Waals surface area contributed by atoms with Crippen molar-refractivity contribution in [1.82, 2.24) is 5.32 Å². The van der Waals surface area contributed by atoms with Gasteiger partial charge in [-0.05, 0) is 49.9 Å². The van der Waals surface area contributed by atoms with Crippen molar-refractivity contribution in [3.63, 3.8) is 0 Å². The van der Waals surface area contributed by atoms with Crippen molar-refractivity contribution in [2.75, 3.05) is 26.9 Å². The van der Waals surface area contributed by atoms with Gasteiger partial charge in [0.2, 0.25) is 0 Å². The average Bonchev–Trinajstić information content (AvgIpc) is 2.51. The van der Waals surface area contributed by atoms with Gasteiger partial charge in [0, 0.05) is 13.2 Å². The van der Waals surface area contributed by atoms with E-state index in [1.807, 2.05) is 12.1 Å². The van der Waals surface area contributed by atoms with Crippen molar-refractivity contribution in [1.29, 1.82) is 0 Å². The Balaban J connectivity index is 2.39. The Morgan fingerprint density at radius 1 is 1.10 bits per heavy atom. The number of aliphatic hydroxyl groups is 1. The second kappa shape index (κ2) is 11.4. The molecule has 2 N–H and O–H groups in total. The maximum atomic E-state index is 8.72. The zero-order valence-corrected chi connectivity index (χ0v) is 13.4. The molecule has 0 saturated carbocycles. The van der Waals surface area contributed by atoms with E-state index in [1.54, 1.807) is 7.11 Å². The first-order valence-corrected chi connectivity index (χ1v) is 7.93. The molecule has 0 heterocycles. The van der Waals surface area contributed by atoms with Gasteiger partial charge in [-0.25, -0.2) is 0 Å². The van der Waals surface area contributed by atoms with Crippen LogP contribution in [0.5, 0.6) is 11.5 Å². The van der Waals surface area contributed by atoms with Gasteiger partial charge in [-0.1, -0.05) is 19.4 Å². The molecule has 0 bridgehead atoms. The maximum absolute atomic E-state index is 8.72. The molecule has 0 unspecified atom stereocenters. The van der Waals surface area contributed by atoms with Crippen LogP contribution in [0, 0.1) is 0 Å². The Morgan fingerprint density at radius 3 is 2.62 bits per heavy atom. The highest BCUT2D eigenvalue weighted by molar-refractivity contribution is 5.42. The second-order valence-corrected chi connectivity index (χ2v) is 5.15. The zero-order valence-electron chi connectivity index (χ0n) is 13.4. The lowest BCUT2D eigenvalue weighted by Crippen LogP contribution is -2.13. The average molecular weight is 295 g/mol. The molecule has 0 fully saturated rings. The molecule has 4 nitrogen and oxygen atoms in total. The number of aliphatic hydroxyl groups excluding tert-OH is 1. The van der Waals surface area contributed by atoms with Crippen LogP contribution in [0.25, 0.3) is 0 Å². The summed E-state index contributed by atoms with van der Waals surface area (Å²) >= 11 is 0. The molecule has 1 rings (SSSR count). The van der Waals surface area contributed by atoms with Crippen molar-refractivity contribution in [3.8, 4) is 11.5 Å². The Kier molecular flexibility index (Phi) is 9.66. The minimum absolute atomic E-state index is 0.280. The third-order valence-corrected chi connectivity index (χ3v) is 3.29. The number of ether oxygens (including phenoxy) is 2. The smallest absolute Gasteiger partial charge is 0.161 e. The first-order chi connectivity index (χ1) is 10.3. The largest absolute Gasteiger partial charge is 0.493 e. The third kappa shape index (κ3) is 7.34. The number of hydrogen-bond acceptors (Lipinski definition) is 4. The molecule has 0 spiro atoms. The van der Waals surface area contributed by atoms with Crippen LogP contribution in [0.3, 0.4) is 0 Å². The zero-order chi connectivity index (χ0) is 15.3. The molecule has 0 aliphatic heterocycles. The molecule has 21 heavy (non-hydrogen) atoms. The summed E-state index contributed by atoms with van der Waals surface area (Å²) in [4.78, 5) is 0. The predicted molar refractivity (Wildman–Crippen MR) is 86.0 cm³/mol. The standard InChI is InChI=1S/C17H29NO3/c1-3-10-18-14-15-8-9-16(17(13-15)20-2)21-12-7-5-4-6-11-19/h8-9,13,18-19H,3-7,10-12,14H2,1-2H3. The number of benzene rings is 1. The highest BCUT2D eigenvalue weighted by atomic mass is 16.5. The number of nitrogens with one attached hydrogen (secondary N) is 1. The SMILES string of the molecule is CCCNCc1ccc(OCCCCCCO)c(OC)c1. The first kappa shape index (κ1) is 17.8. The summed E-state index contributed by atoms with van der Waals surface area (Å²) in [7, 11) is 1.67. The Hall–Kier alpha value is -1.26. The van der Waals surface area contributed by atoms with E-state index in [1.165, 1.54) is 5.56 Å². The molecule has 0 radical (unpaired) electrons. The van der Waals surface area contributed by atoms with Gasteiger partial charge in [0.1, 0.15) is 0 Å². The Bertz CT molecular complexity index is 382. The van der Waals surface area contributed by atoms with E-state index < -0.39 is 0 Å². The van der Waals surface area contributed by atoms with Gasteiger partial charge >= 0.3 is 0 Å². The first-order valence-electron chi connectivity index (χ1n) is 7.93. The molecule has 120 valence electrons. The van der Waals surface area contributed by atoms with E-state index in [-0.39, 0.29) is 6.61 Å². The summed E-state index contributed by atoms with van der Waals surface area (Å²) in [5, 5.41) is 12.1. The molecule has 0 aliphatic rings. The second-order valence-electron chi connectivity index (χ2n) is 5.15. The van der Waals surface area contributed by atoms with E-state index >= 15 is 0 Å². The van der Waals surface area contributed by atoms with E-state index in [9.17, 15) is 0 Å². The van der Waals surface area contributed by atoms with Gasteiger partial charge in [0.15, 0.2) is 11.5 Å². The molecule has 0 aliphatic carbocycles. The summed E-state index contributed by atoms with van der Waals surface area (Å²) in [6.07, 6.45) is 5.15. The third-order valence-electron chi connectivity index (χ3n) is 3.29. The lowest BCUT2D eigenvalue weighted by Gasteiger charge is -2.12. The summed E-state index contributed by atoms with van der Waals surface area (Å²) < 4.78 is 11.2. The molecule has 0 atom stereocenters. The van der Waals surface area contributed by atoms with Gasteiger partial charge in [-0.15, -0.1) is 0 Å². The summed E-state index contributed by atoms with van der Waals surface area (Å²) in [5.74, 6) is 1.60. The molecule has 0 saturated heterocycles. The maximum Gasteiger partial charge on any atom is 0.161 e. The van der Waals surface area contributed by atoms with Gasteiger partial charge in [-0.2, -0.15) is 0 Å². The molecule has 1 aromatic carbocycles. The van der Waals surface area contributed by atoms with Gasteiger partial charge in [-0.3, -0.25) is 0 Å². The van der Waals surface area contributed by atoms with Crippen LogP contribution in [0.15, 0.2) is 18.2 Å². The van der Waals surface area contributed by atoms with Gasteiger partial charge < -0.3 is 19.9 Å². The molecular weight excluding hydrogens is 266 g/mol. The van der Waals surface area contributed by atoms with Crippen LogP contribution < -0.4 is 14.8 Å². The van der Waals surface area contributed by atoms with Crippen LogP contribution in [0.1, 0.15) is 44.6 Å². The molecule has 0 amide bonds. The van der Waals surface area contributed by atoms with Crippen molar-refractivity contribution in [2.45, 2.75) is 45.6 Å². The minimum atomic E-state index is 0.280. The van der Waals surface area contributed by atoms with Gasteiger partial charge in [0.05, 0.1) is 13.7 Å². The predicted octanol–water partition coefficient (Wildman–Crippen LogP) is 3.13. The molecular formula is C17H29NO3. The molecule has 1 aromatic rings. The fourth-order valence-corrected chi connectivity index (χ4v) is 2.10. The summed E-state index contributed by atoms with van der Waals surface area (Å²) in [6.45, 7) is 5.00. The van der Waals surface area contributed by atoms with Crippen molar-refractivity contribution in [3.05, 3.63) is 23.8 Å². The fourth-order valence-electron chi connectivity index (χ4n) is 2.10. The number of methoxy groups -OCH3 is 1. The Morgan fingerprint density at radius 2 is 1.90 bits per heavy atom. The quantitative estimate of drug-likeness (QED) is 0.582.